The Balaban J connectivity index is 2.02. The molecule has 0 radical (unpaired) electrons. The molecule has 25 heavy (non-hydrogen) atoms. The number of thiophene rings is 1. The molecule has 1 aromatic heterocycles. The first kappa shape index (κ1) is 19.6. The van der Waals surface area contributed by atoms with Gasteiger partial charge < -0.3 is 0 Å². The molecule has 136 valence electrons. The highest BCUT2D eigenvalue weighted by Crippen LogP contribution is 2.28. The molecule has 7 heteroatoms. The van der Waals surface area contributed by atoms with Crippen LogP contribution in [0.1, 0.15) is 30.2 Å². The zero-order valence-electron chi connectivity index (χ0n) is 14.6. The van der Waals surface area contributed by atoms with E-state index in [-0.39, 0.29) is 6.42 Å². The third-order valence-corrected chi connectivity index (χ3v) is 7.57. The molecule has 0 aliphatic carbocycles. The first-order valence-corrected chi connectivity index (χ1v) is 10.7. The van der Waals surface area contributed by atoms with E-state index in [2.05, 4.69) is 31.2 Å². The van der Waals surface area contributed by atoms with Gasteiger partial charge in [0, 0.05) is 16.0 Å². The second-order valence-corrected chi connectivity index (χ2v) is 10.1. The molecule has 1 aromatic carbocycles. The lowest BCUT2D eigenvalue weighted by molar-refractivity contribution is -0.131. The quantitative estimate of drug-likeness (QED) is 0.569. The molecule has 0 aliphatic heterocycles. The molecule has 0 saturated heterocycles. The van der Waals surface area contributed by atoms with Crippen molar-refractivity contribution in [2.24, 2.45) is 0 Å². The molecule has 0 fully saturated rings. The van der Waals surface area contributed by atoms with Gasteiger partial charge in [0.2, 0.25) is 0 Å². The number of nitrogens with one attached hydrogen (secondary N) is 1. The minimum atomic E-state index is -3.64. The summed E-state index contributed by atoms with van der Waals surface area (Å²) in [5, 5.41) is 8.83. The average molecular weight is 382 g/mol. The topological polar surface area (TPSA) is 83.5 Å². The molecule has 2 N–H and O–H groups in total. The average Bonchev–Trinajstić information content (AvgIpc) is 3.00. The van der Waals surface area contributed by atoms with Crippen molar-refractivity contribution in [2.75, 3.05) is 6.26 Å². The van der Waals surface area contributed by atoms with Gasteiger partial charge in [-0.05, 0) is 56.4 Å². The lowest BCUT2D eigenvalue weighted by Gasteiger charge is -2.24. The standard InChI is InChI=1S/C18H23NO4S2/c1-13-6-11-16(24-13)15-9-7-14(8-10-15)5-4-12-18(2,17(20)19-21)25(3,22)23/h6-11,21H,4-5,12H2,1-3H3,(H,19,20). The van der Waals surface area contributed by atoms with Crippen molar-refractivity contribution in [3.63, 3.8) is 0 Å². The Morgan fingerprint density at radius 1 is 1.20 bits per heavy atom. The number of sulfone groups is 1. The van der Waals surface area contributed by atoms with E-state index in [4.69, 9.17) is 5.21 Å². The Bertz CT molecular complexity index is 840. The van der Waals surface area contributed by atoms with Crippen molar-refractivity contribution in [1.82, 2.24) is 5.48 Å². The number of hydrogen-bond donors (Lipinski definition) is 2. The van der Waals surface area contributed by atoms with Crippen molar-refractivity contribution >= 4 is 27.1 Å². The minimum absolute atomic E-state index is 0.143. The number of carbonyl (C=O) groups is 1. The van der Waals surface area contributed by atoms with E-state index in [9.17, 15) is 13.2 Å². The zero-order valence-corrected chi connectivity index (χ0v) is 16.2. The molecule has 1 atom stereocenters. The molecular weight excluding hydrogens is 358 g/mol. The summed E-state index contributed by atoms with van der Waals surface area (Å²) in [5.74, 6) is -0.890. The van der Waals surface area contributed by atoms with Gasteiger partial charge in [-0.1, -0.05) is 24.3 Å². The van der Waals surface area contributed by atoms with Gasteiger partial charge in [0.25, 0.3) is 5.91 Å². The van der Waals surface area contributed by atoms with Gasteiger partial charge >= 0.3 is 0 Å². The van der Waals surface area contributed by atoms with E-state index < -0.39 is 20.5 Å². The van der Waals surface area contributed by atoms with Crippen LogP contribution in [0.15, 0.2) is 36.4 Å². The van der Waals surface area contributed by atoms with Crippen LogP contribution in [0.25, 0.3) is 10.4 Å². The van der Waals surface area contributed by atoms with Crippen molar-refractivity contribution in [1.29, 1.82) is 0 Å². The lowest BCUT2D eigenvalue weighted by Crippen LogP contribution is -2.49. The van der Waals surface area contributed by atoms with Gasteiger partial charge in [-0.2, -0.15) is 0 Å². The molecule has 1 amide bonds. The second-order valence-electron chi connectivity index (χ2n) is 6.40. The molecule has 2 aromatic rings. The van der Waals surface area contributed by atoms with Crippen molar-refractivity contribution in [3.8, 4) is 10.4 Å². The van der Waals surface area contributed by atoms with Crippen molar-refractivity contribution < 1.29 is 18.4 Å². The maximum atomic E-state index is 11.9. The first-order valence-electron chi connectivity index (χ1n) is 7.97. The smallest absolute Gasteiger partial charge is 0.264 e. The summed E-state index contributed by atoms with van der Waals surface area (Å²) in [4.78, 5) is 14.3. The predicted octanol–water partition coefficient (Wildman–Crippen LogP) is 3.35. The third kappa shape index (κ3) is 4.48. The molecule has 1 unspecified atom stereocenters. The largest absolute Gasteiger partial charge is 0.289 e. The maximum Gasteiger partial charge on any atom is 0.264 e. The molecule has 5 nitrogen and oxygen atoms in total. The highest BCUT2D eigenvalue weighted by Gasteiger charge is 2.42. The Hall–Kier alpha value is -1.70. The van der Waals surface area contributed by atoms with E-state index in [0.29, 0.717) is 12.8 Å². The summed E-state index contributed by atoms with van der Waals surface area (Å²) < 4.78 is 22.2. The Morgan fingerprint density at radius 2 is 1.84 bits per heavy atom. The van der Waals surface area contributed by atoms with Crippen LogP contribution < -0.4 is 5.48 Å². The number of rotatable bonds is 7. The highest BCUT2D eigenvalue weighted by molar-refractivity contribution is 7.92. The number of benzene rings is 1. The summed E-state index contributed by atoms with van der Waals surface area (Å²) in [6.07, 6.45) is 2.34. The second kappa shape index (κ2) is 7.68. The lowest BCUT2D eigenvalue weighted by atomic mass is 9.99. The van der Waals surface area contributed by atoms with Crippen LogP contribution in [0.4, 0.5) is 0 Å². The number of hydroxylamine groups is 1. The molecule has 2 rings (SSSR count). The van der Waals surface area contributed by atoms with Crippen LogP contribution in [-0.2, 0) is 21.1 Å². The summed E-state index contributed by atoms with van der Waals surface area (Å²) >= 11 is 1.74. The van der Waals surface area contributed by atoms with Gasteiger partial charge in [0.15, 0.2) is 9.84 Å². The fourth-order valence-electron chi connectivity index (χ4n) is 2.64. The van der Waals surface area contributed by atoms with Gasteiger partial charge in [-0.15, -0.1) is 11.3 Å². The number of hydrogen-bond acceptors (Lipinski definition) is 5. The monoisotopic (exact) mass is 381 g/mol. The van der Waals surface area contributed by atoms with Crippen LogP contribution in [0.3, 0.4) is 0 Å². The van der Waals surface area contributed by atoms with E-state index in [1.807, 2.05) is 12.1 Å². The SMILES string of the molecule is Cc1ccc(-c2ccc(CCCC(C)(C(=O)NO)S(C)(=O)=O)cc2)s1. The number of amides is 1. The third-order valence-electron chi connectivity index (χ3n) is 4.50. The summed E-state index contributed by atoms with van der Waals surface area (Å²) in [6, 6.07) is 12.3. The van der Waals surface area contributed by atoms with Crippen LogP contribution >= 0.6 is 11.3 Å². The molecule has 0 bridgehead atoms. The van der Waals surface area contributed by atoms with Gasteiger partial charge in [0.05, 0.1) is 0 Å². The van der Waals surface area contributed by atoms with Crippen LogP contribution in [0.5, 0.6) is 0 Å². The van der Waals surface area contributed by atoms with Crippen LogP contribution in [0.2, 0.25) is 0 Å². The van der Waals surface area contributed by atoms with Crippen molar-refractivity contribution in [3.05, 3.63) is 46.8 Å². The summed E-state index contributed by atoms with van der Waals surface area (Å²) in [7, 11) is -3.64. The highest BCUT2D eigenvalue weighted by atomic mass is 32.2. The number of aryl methyl sites for hydroxylation is 2. The molecular formula is C18H23NO4S2. The van der Waals surface area contributed by atoms with Crippen LogP contribution in [0, 0.1) is 6.92 Å². The normalized spacial score (nSPS) is 14.1. The van der Waals surface area contributed by atoms with E-state index in [1.54, 1.807) is 11.3 Å². The fraction of sp³-hybridized carbons (Fsp3) is 0.389. The van der Waals surface area contributed by atoms with E-state index in [0.717, 1.165) is 17.4 Å². The van der Waals surface area contributed by atoms with E-state index >= 15 is 0 Å². The summed E-state index contributed by atoms with van der Waals surface area (Å²) in [5.41, 5.74) is 3.71. The van der Waals surface area contributed by atoms with Crippen LogP contribution in [-0.4, -0.2) is 30.5 Å². The van der Waals surface area contributed by atoms with Crippen molar-refractivity contribution in [2.45, 2.75) is 37.9 Å². The Kier molecular flexibility index (Phi) is 6.03. The van der Waals surface area contributed by atoms with Gasteiger partial charge in [-0.3, -0.25) is 10.0 Å². The Labute approximate surface area is 152 Å². The molecule has 0 aliphatic rings. The zero-order chi connectivity index (χ0) is 18.7. The molecule has 1 heterocycles. The van der Waals surface area contributed by atoms with Gasteiger partial charge in [-0.25, -0.2) is 13.9 Å². The fourth-order valence-corrected chi connectivity index (χ4v) is 4.41. The molecule has 0 saturated carbocycles. The summed E-state index contributed by atoms with van der Waals surface area (Å²) in [6.45, 7) is 3.42. The minimum Gasteiger partial charge on any atom is -0.289 e. The predicted molar refractivity (Wildman–Crippen MR) is 101 cm³/mol. The first-order chi connectivity index (χ1) is 11.7. The van der Waals surface area contributed by atoms with Gasteiger partial charge in [0.1, 0.15) is 4.75 Å². The number of carbonyl (C=O) groups excluding carboxylic acids is 1. The van der Waals surface area contributed by atoms with E-state index in [1.165, 1.54) is 22.2 Å². The Morgan fingerprint density at radius 3 is 2.32 bits per heavy atom. The molecule has 0 spiro atoms. The maximum absolute atomic E-state index is 11.9.